The second-order valence-electron chi connectivity index (χ2n) is 7.13. The van der Waals surface area contributed by atoms with Crippen LogP contribution in [0.25, 0.3) is 0 Å². The van der Waals surface area contributed by atoms with E-state index in [0.29, 0.717) is 32.6 Å². The van der Waals surface area contributed by atoms with E-state index in [1.165, 1.54) is 12.1 Å². The lowest BCUT2D eigenvalue weighted by molar-refractivity contribution is -0.138. The molecule has 2 atom stereocenters. The molecule has 7 heteroatoms. The number of benzene rings is 1. The maximum absolute atomic E-state index is 13.2. The van der Waals surface area contributed by atoms with Crippen molar-refractivity contribution in [2.45, 2.75) is 44.9 Å². The highest BCUT2D eigenvalue weighted by atomic mass is 19.1. The highest BCUT2D eigenvalue weighted by Gasteiger charge is 2.33. The van der Waals surface area contributed by atoms with Gasteiger partial charge in [-0.15, -0.1) is 5.10 Å². The fraction of sp³-hybridized carbons (Fsp3) is 0.526. The van der Waals surface area contributed by atoms with Gasteiger partial charge in [-0.1, -0.05) is 17.3 Å². The molecule has 138 valence electrons. The molecule has 1 fully saturated rings. The van der Waals surface area contributed by atoms with E-state index in [1.54, 1.807) is 16.8 Å². The molecule has 3 heterocycles. The smallest absolute Gasteiger partial charge is 0.226 e. The Balaban J connectivity index is 1.57. The fourth-order valence-electron chi connectivity index (χ4n) is 3.85. The van der Waals surface area contributed by atoms with E-state index < -0.39 is 0 Å². The molecule has 2 bridgehead atoms. The zero-order valence-electron chi connectivity index (χ0n) is 14.7. The van der Waals surface area contributed by atoms with Crippen molar-refractivity contribution >= 4 is 5.91 Å². The minimum atomic E-state index is -0.259. The Bertz CT molecular complexity index is 761. The van der Waals surface area contributed by atoms with Crippen LogP contribution in [0, 0.1) is 11.7 Å². The molecule has 1 saturated heterocycles. The first-order valence-electron chi connectivity index (χ1n) is 9.21. The number of nitrogens with zero attached hydrogens (tertiary/aromatic N) is 4. The van der Waals surface area contributed by atoms with Crippen molar-refractivity contribution in [3.63, 3.8) is 0 Å². The standard InChI is InChI=1S/C19H23FN4O2/c20-16-5-3-14(4-6-16)10-15-7-9-23-11-17(21-22-23)12-26-13-18-2-1-8-24(18)19(15)25/h3-6,11,15,18H,1-2,7-10,12-13H2/t15-,18-/m1/s1. The lowest BCUT2D eigenvalue weighted by Gasteiger charge is -2.29. The van der Waals surface area contributed by atoms with Gasteiger partial charge in [0.2, 0.25) is 5.91 Å². The molecule has 0 saturated carbocycles. The quantitative estimate of drug-likeness (QED) is 0.826. The van der Waals surface area contributed by atoms with Crippen molar-refractivity contribution < 1.29 is 13.9 Å². The van der Waals surface area contributed by atoms with Gasteiger partial charge in [-0.05, 0) is 43.4 Å². The largest absolute Gasteiger partial charge is 0.373 e. The zero-order valence-corrected chi connectivity index (χ0v) is 14.7. The summed E-state index contributed by atoms with van der Waals surface area (Å²) in [6.45, 7) is 2.37. The summed E-state index contributed by atoms with van der Waals surface area (Å²) in [4.78, 5) is 15.2. The Hall–Kier alpha value is -2.28. The van der Waals surface area contributed by atoms with Crippen LogP contribution in [0.4, 0.5) is 4.39 Å². The third-order valence-electron chi connectivity index (χ3n) is 5.26. The van der Waals surface area contributed by atoms with Gasteiger partial charge in [-0.25, -0.2) is 4.39 Å². The van der Waals surface area contributed by atoms with E-state index in [4.69, 9.17) is 4.74 Å². The summed E-state index contributed by atoms with van der Waals surface area (Å²) >= 11 is 0. The molecule has 0 N–H and O–H groups in total. The van der Waals surface area contributed by atoms with Crippen molar-refractivity contribution in [2.75, 3.05) is 13.2 Å². The minimum Gasteiger partial charge on any atom is -0.373 e. The van der Waals surface area contributed by atoms with Gasteiger partial charge in [-0.2, -0.15) is 0 Å². The van der Waals surface area contributed by atoms with Gasteiger partial charge in [0.05, 0.1) is 25.5 Å². The summed E-state index contributed by atoms with van der Waals surface area (Å²) in [6, 6.07) is 6.55. The number of halogens is 1. The zero-order chi connectivity index (χ0) is 17.9. The van der Waals surface area contributed by atoms with E-state index >= 15 is 0 Å². The molecule has 4 rings (SSSR count). The monoisotopic (exact) mass is 358 g/mol. The van der Waals surface area contributed by atoms with E-state index in [-0.39, 0.29) is 23.7 Å². The molecule has 1 aromatic carbocycles. The Morgan fingerprint density at radius 1 is 1.19 bits per heavy atom. The summed E-state index contributed by atoms with van der Waals surface area (Å²) < 4.78 is 20.7. The van der Waals surface area contributed by atoms with Crippen molar-refractivity contribution in [2.24, 2.45) is 5.92 Å². The molecule has 6 nitrogen and oxygen atoms in total. The number of aryl methyl sites for hydroxylation is 1. The van der Waals surface area contributed by atoms with Crippen LogP contribution in [0.1, 0.15) is 30.5 Å². The van der Waals surface area contributed by atoms with Crippen LogP contribution in [0.5, 0.6) is 0 Å². The summed E-state index contributed by atoms with van der Waals surface area (Å²) in [5, 5.41) is 8.26. The molecule has 0 unspecified atom stereocenters. The maximum Gasteiger partial charge on any atom is 0.226 e. The molecule has 0 spiro atoms. The lowest BCUT2D eigenvalue weighted by Crippen LogP contribution is -2.42. The van der Waals surface area contributed by atoms with Gasteiger partial charge < -0.3 is 9.64 Å². The van der Waals surface area contributed by atoms with Crippen molar-refractivity contribution in [1.82, 2.24) is 19.9 Å². The highest BCUT2D eigenvalue weighted by Crippen LogP contribution is 2.25. The second-order valence-corrected chi connectivity index (χ2v) is 7.13. The van der Waals surface area contributed by atoms with Crippen molar-refractivity contribution in [3.05, 3.63) is 47.5 Å². The summed E-state index contributed by atoms with van der Waals surface area (Å²) in [7, 11) is 0. The number of hydrogen-bond donors (Lipinski definition) is 0. The predicted octanol–water partition coefficient (Wildman–Crippen LogP) is 2.19. The molecule has 1 amide bonds. The van der Waals surface area contributed by atoms with E-state index in [2.05, 4.69) is 10.3 Å². The van der Waals surface area contributed by atoms with Crippen LogP contribution in [-0.2, 0) is 29.1 Å². The number of hydrogen-bond acceptors (Lipinski definition) is 4. The van der Waals surface area contributed by atoms with Gasteiger partial charge >= 0.3 is 0 Å². The number of rotatable bonds is 2. The molecule has 26 heavy (non-hydrogen) atoms. The highest BCUT2D eigenvalue weighted by molar-refractivity contribution is 5.79. The maximum atomic E-state index is 13.2. The number of carbonyl (C=O) groups excluding carboxylic acids is 1. The first-order valence-corrected chi connectivity index (χ1v) is 9.21. The number of fused-ring (bicyclic) bond motifs is 3. The van der Waals surface area contributed by atoms with Crippen LogP contribution >= 0.6 is 0 Å². The van der Waals surface area contributed by atoms with Crippen molar-refractivity contribution in [1.29, 1.82) is 0 Å². The van der Waals surface area contributed by atoms with Gasteiger partial charge in [0, 0.05) is 19.0 Å². The van der Waals surface area contributed by atoms with E-state index in [9.17, 15) is 9.18 Å². The first-order chi connectivity index (χ1) is 12.7. The number of carbonyl (C=O) groups is 1. The average molecular weight is 358 g/mol. The fourth-order valence-corrected chi connectivity index (χ4v) is 3.85. The molecular formula is C19H23FN4O2. The third-order valence-corrected chi connectivity index (χ3v) is 5.26. The number of aromatic nitrogens is 3. The number of ether oxygens (including phenoxy) is 1. The molecular weight excluding hydrogens is 335 g/mol. The molecule has 2 aliphatic rings. The van der Waals surface area contributed by atoms with Crippen LogP contribution in [0.15, 0.2) is 30.5 Å². The van der Waals surface area contributed by atoms with Crippen molar-refractivity contribution in [3.8, 4) is 0 Å². The molecule has 0 radical (unpaired) electrons. The first kappa shape index (κ1) is 17.1. The van der Waals surface area contributed by atoms with Gasteiger partial charge in [0.25, 0.3) is 0 Å². The van der Waals surface area contributed by atoms with E-state index in [1.807, 2.05) is 11.1 Å². The average Bonchev–Trinajstić information content (AvgIpc) is 3.28. The summed E-state index contributed by atoms with van der Waals surface area (Å²) in [6.07, 6.45) is 5.15. The normalized spacial score (nSPS) is 24.0. The lowest BCUT2D eigenvalue weighted by atomic mass is 9.94. The molecule has 2 aromatic rings. The van der Waals surface area contributed by atoms with Crippen LogP contribution in [0.3, 0.4) is 0 Å². The predicted molar refractivity (Wildman–Crippen MR) is 92.6 cm³/mol. The Morgan fingerprint density at radius 2 is 2.04 bits per heavy atom. The Morgan fingerprint density at radius 3 is 2.88 bits per heavy atom. The van der Waals surface area contributed by atoms with Crippen LogP contribution < -0.4 is 0 Å². The minimum absolute atomic E-state index is 0.132. The second kappa shape index (κ2) is 7.53. The van der Waals surface area contributed by atoms with Gasteiger partial charge in [0.15, 0.2) is 0 Å². The summed E-state index contributed by atoms with van der Waals surface area (Å²) in [5.41, 5.74) is 1.79. The molecule has 0 aliphatic carbocycles. The van der Waals surface area contributed by atoms with E-state index in [0.717, 1.165) is 30.6 Å². The Kier molecular flexibility index (Phi) is 4.97. The SMILES string of the molecule is O=C1[C@@H](Cc2ccc(F)cc2)CCn2cc(nn2)COC[C@H]2CCCN12. The van der Waals surface area contributed by atoms with Gasteiger partial charge in [-0.3, -0.25) is 9.48 Å². The topological polar surface area (TPSA) is 60.3 Å². The van der Waals surface area contributed by atoms with Crippen LogP contribution in [-0.4, -0.2) is 45.0 Å². The van der Waals surface area contributed by atoms with Gasteiger partial charge in [0.1, 0.15) is 11.5 Å². The molecule has 1 aromatic heterocycles. The third kappa shape index (κ3) is 3.77. The Labute approximate surface area is 151 Å². The summed E-state index contributed by atoms with van der Waals surface area (Å²) in [5.74, 6) is -0.250. The molecule has 2 aliphatic heterocycles. The number of amides is 1. The van der Waals surface area contributed by atoms with Crippen LogP contribution in [0.2, 0.25) is 0 Å².